The molecule has 0 aliphatic carbocycles. The van der Waals surface area contributed by atoms with Crippen LogP contribution in [0.5, 0.6) is 5.75 Å². The number of carboxylic acid groups (broad SMARTS) is 1. The standard InChI is InChI=1S/C25H26N2O4/c1-3-5-9-21-18-26(16-6-4-2)24(28)27(21)17-19-12-14-20(15-13-19)22-10-7-8-11-23(22)31-25(29)30/h1,7-8,10-15,18H,4-6,9,16-17H2,2H3,(H,29,30). The summed E-state index contributed by atoms with van der Waals surface area (Å²) in [6, 6.07) is 14.7. The molecule has 0 aliphatic heterocycles. The highest BCUT2D eigenvalue weighted by atomic mass is 16.7. The minimum absolute atomic E-state index is 0.0234. The summed E-state index contributed by atoms with van der Waals surface area (Å²) in [5.41, 5.74) is 3.40. The smallest absolute Gasteiger partial charge is 0.449 e. The summed E-state index contributed by atoms with van der Waals surface area (Å²) >= 11 is 0. The van der Waals surface area contributed by atoms with Gasteiger partial charge in [-0.15, -0.1) is 12.3 Å². The van der Waals surface area contributed by atoms with Gasteiger partial charge in [0.25, 0.3) is 0 Å². The van der Waals surface area contributed by atoms with Gasteiger partial charge in [0.05, 0.1) is 6.54 Å². The van der Waals surface area contributed by atoms with Crippen LogP contribution in [0.2, 0.25) is 0 Å². The van der Waals surface area contributed by atoms with Crippen LogP contribution in [0.25, 0.3) is 11.1 Å². The summed E-state index contributed by atoms with van der Waals surface area (Å²) in [7, 11) is 0. The molecule has 0 fully saturated rings. The first-order chi connectivity index (χ1) is 15.0. The van der Waals surface area contributed by atoms with Crippen LogP contribution in [0.1, 0.15) is 37.4 Å². The topological polar surface area (TPSA) is 73.5 Å². The zero-order valence-corrected chi connectivity index (χ0v) is 17.6. The molecule has 0 bridgehead atoms. The number of benzene rings is 2. The molecule has 6 nitrogen and oxygen atoms in total. The van der Waals surface area contributed by atoms with Gasteiger partial charge >= 0.3 is 11.8 Å². The first-order valence-electron chi connectivity index (χ1n) is 10.3. The molecule has 0 radical (unpaired) electrons. The number of unbranched alkanes of at least 4 members (excludes halogenated alkanes) is 1. The first kappa shape index (κ1) is 22.0. The number of aryl methyl sites for hydroxylation is 2. The van der Waals surface area contributed by atoms with Crippen LogP contribution in [0.15, 0.2) is 59.5 Å². The Hall–Kier alpha value is -3.72. The summed E-state index contributed by atoms with van der Waals surface area (Å²) in [5.74, 6) is 2.93. The fourth-order valence-electron chi connectivity index (χ4n) is 3.50. The van der Waals surface area contributed by atoms with Crippen LogP contribution in [0, 0.1) is 12.3 Å². The molecule has 0 aliphatic rings. The first-order valence-corrected chi connectivity index (χ1v) is 10.3. The van der Waals surface area contributed by atoms with Crippen LogP contribution in [-0.2, 0) is 19.5 Å². The maximum atomic E-state index is 12.9. The van der Waals surface area contributed by atoms with Crippen molar-refractivity contribution >= 4 is 6.16 Å². The average Bonchev–Trinajstić information content (AvgIpc) is 3.06. The average molecular weight is 418 g/mol. The Bertz CT molecular complexity index is 1130. The Kier molecular flexibility index (Phi) is 7.34. The predicted molar refractivity (Wildman–Crippen MR) is 120 cm³/mol. The Labute approximate surface area is 181 Å². The SMILES string of the molecule is C#CCCc1cn(CCCC)c(=O)n1Cc1ccc(-c2ccccc2OC(=O)O)cc1. The highest BCUT2D eigenvalue weighted by Crippen LogP contribution is 2.30. The number of aromatic nitrogens is 2. The van der Waals surface area contributed by atoms with Crippen LogP contribution in [0.3, 0.4) is 0 Å². The minimum atomic E-state index is -1.35. The molecule has 0 spiro atoms. The van der Waals surface area contributed by atoms with Crippen LogP contribution in [0.4, 0.5) is 4.79 Å². The van der Waals surface area contributed by atoms with Crippen molar-refractivity contribution in [3.8, 4) is 29.2 Å². The second-order valence-corrected chi connectivity index (χ2v) is 7.30. The van der Waals surface area contributed by atoms with E-state index in [1.54, 1.807) is 21.3 Å². The fraction of sp³-hybridized carbons (Fsp3) is 0.280. The van der Waals surface area contributed by atoms with Crippen molar-refractivity contribution in [1.29, 1.82) is 0 Å². The maximum absolute atomic E-state index is 12.9. The Morgan fingerprint density at radius 2 is 1.90 bits per heavy atom. The van der Waals surface area contributed by atoms with Gasteiger partial charge in [0.1, 0.15) is 5.75 Å². The van der Waals surface area contributed by atoms with E-state index in [9.17, 15) is 9.59 Å². The minimum Gasteiger partial charge on any atom is -0.449 e. The van der Waals surface area contributed by atoms with Crippen LogP contribution >= 0.6 is 0 Å². The van der Waals surface area contributed by atoms with Gasteiger partial charge in [-0.3, -0.25) is 9.13 Å². The van der Waals surface area contributed by atoms with Gasteiger partial charge in [0.2, 0.25) is 0 Å². The normalized spacial score (nSPS) is 10.6. The number of nitrogens with zero attached hydrogens (tertiary/aromatic N) is 2. The van der Waals surface area contributed by atoms with E-state index in [4.69, 9.17) is 16.3 Å². The Balaban J connectivity index is 1.86. The number of ether oxygens (including phenoxy) is 1. The lowest BCUT2D eigenvalue weighted by molar-refractivity contribution is 0.144. The number of para-hydroxylation sites is 1. The number of rotatable bonds is 9. The van der Waals surface area contributed by atoms with Gasteiger partial charge in [-0.2, -0.15) is 0 Å². The van der Waals surface area contributed by atoms with E-state index in [0.29, 0.717) is 31.5 Å². The summed E-state index contributed by atoms with van der Waals surface area (Å²) < 4.78 is 8.43. The lowest BCUT2D eigenvalue weighted by Crippen LogP contribution is -2.25. The van der Waals surface area contributed by atoms with Crippen LogP contribution in [-0.4, -0.2) is 20.4 Å². The second-order valence-electron chi connectivity index (χ2n) is 7.30. The molecule has 0 saturated carbocycles. The van der Waals surface area contributed by atoms with E-state index in [0.717, 1.165) is 29.7 Å². The van der Waals surface area contributed by atoms with Gasteiger partial charge in [0.15, 0.2) is 0 Å². The van der Waals surface area contributed by atoms with Gasteiger partial charge in [0, 0.05) is 36.8 Å². The molecule has 3 rings (SSSR count). The molecule has 2 aromatic carbocycles. The van der Waals surface area contributed by atoms with Crippen LogP contribution < -0.4 is 10.4 Å². The third-order valence-electron chi connectivity index (χ3n) is 5.10. The monoisotopic (exact) mass is 418 g/mol. The third kappa shape index (κ3) is 5.46. The third-order valence-corrected chi connectivity index (χ3v) is 5.10. The Morgan fingerprint density at radius 1 is 1.16 bits per heavy atom. The number of imidazole rings is 1. The molecule has 1 aromatic heterocycles. The second kappa shape index (κ2) is 10.4. The number of carbonyl (C=O) groups is 1. The lowest BCUT2D eigenvalue weighted by atomic mass is 10.0. The van der Waals surface area contributed by atoms with Crippen molar-refractivity contribution < 1.29 is 14.6 Å². The molecule has 1 N–H and O–H groups in total. The predicted octanol–water partition coefficient (Wildman–Crippen LogP) is 4.79. The van der Waals surface area contributed by atoms with E-state index < -0.39 is 6.16 Å². The molecular weight excluding hydrogens is 392 g/mol. The van der Waals surface area contributed by atoms with Crippen molar-refractivity contribution in [2.45, 2.75) is 45.7 Å². The van der Waals surface area contributed by atoms with Crippen molar-refractivity contribution in [2.24, 2.45) is 0 Å². The largest absolute Gasteiger partial charge is 0.511 e. The summed E-state index contributed by atoms with van der Waals surface area (Å²) in [6.45, 7) is 3.25. The molecule has 0 unspecified atom stereocenters. The molecule has 1 heterocycles. The van der Waals surface area contributed by atoms with E-state index in [1.807, 2.05) is 42.6 Å². The van der Waals surface area contributed by atoms with E-state index in [1.165, 1.54) is 0 Å². The molecule has 31 heavy (non-hydrogen) atoms. The van der Waals surface area contributed by atoms with Crippen molar-refractivity contribution in [2.75, 3.05) is 0 Å². The van der Waals surface area contributed by atoms with Gasteiger partial charge in [-0.05, 0) is 23.6 Å². The zero-order chi connectivity index (χ0) is 22.2. The maximum Gasteiger partial charge on any atom is 0.511 e. The highest BCUT2D eigenvalue weighted by Gasteiger charge is 2.13. The van der Waals surface area contributed by atoms with Gasteiger partial charge in [-0.1, -0.05) is 55.8 Å². The van der Waals surface area contributed by atoms with E-state index in [2.05, 4.69) is 12.8 Å². The number of hydrogen-bond donors (Lipinski definition) is 1. The molecule has 0 atom stereocenters. The van der Waals surface area contributed by atoms with Crippen molar-refractivity contribution in [1.82, 2.24) is 9.13 Å². The molecule has 0 amide bonds. The summed E-state index contributed by atoms with van der Waals surface area (Å²) in [4.78, 5) is 23.8. The molecule has 6 heteroatoms. The quantitative estimate of drug-likeness (QED) is 0.308. The molecule has 160 valence electrons. The van der Waals surface area contributed by atoms with Gasteiger partial charge < -0.3 is 9.84 Å². The fourth-order valence-corrected chi connectivity index (χ4v) is 3.50. The molecule has 0 saturated heterocycles. The van der Waals surface area contributed by atoms with E-state index in [-0.39, 0.29) is 11.4 Å². The van der Waals surface area contributed by atoms with Gasteiger partial charge in [-0.25, -0.2) is 9.59 Å². The highest BCUT2D eigenvalue weighted by molar-refractivity contribution is 5.74. The number of terminal acetylenes is 1. The Morgan fingerprint density at radius 3 is 2.58 bits per heavy atom. The number of hydrogen-bond acceptors (Lipinski definition) is 3. The lowest BCUT2D eigenvalue weighted by Gasteiger charge is -2.10. The summed E-state index contributed by atoms with van der Waals surface area (Å²) in [5, 5.41) is 8.95. The zero-order valence-electron chi connectivity index (χ0n) is 17.6. The summed E-state index contributed by atoms with van der Waals surface area (Å²) in [6.07, 6.45) is 9.20. The van der Waals surface area contributed by atoms with Crippen molar-refractivity contribution in [3.63, 3.8) is 0 Å². The van der Waals surface area contributed by atoms with E-state index >= 15 is 0 Å². The molecular formula is C25H26N2O4. The van der Waals surface area contributed by atoms with Crippen molar-refractivity contribution in [3.05, 3.63) is 76.5 Å². The molecule has 3 aromatic rings.